The molecule has 1 aromatic rings. The second-order valence-corrected chi connectivity index (χ2v) is 3.65. The molecule has 0 saturated heterocycles. The summed E-state index contributed by atoms with van der Waals surface area (Å²) in [6, 6.07) is 6.92. The van der Waals surface area contributed by atoms with E-state index in [1.807, 2.05) is 18.4 Å². The number of rotatable bonds is 4. The average molecular weight is 225 g/mol. The van der Waals surface area contributed by atoms with Gasteiger partial charge in [0.15, 0.2) is 6.61 Å². The van der Waals surface area contributed by atoms with Gasteiger partial charge in [0.05, 0.1) is 5.56 Å². The molecule has 4 nitrogen and oxygen atoms in total. The van der Waals surface area contributed by atoms with Crippen LogP contribution in [0.2, 0.25) is 0 Å². The van der Waals surface area contributed by atoms with Crippen LogP contribution in [0.25, 0.3) is 0 Å². The molecule has 0 aliphatic rings. The fourth-order valence-corrected chi connectivity index (χ4v) is 1.36. The summed E-state index contributed by atoms with van der Waals surface area (Å²) in [5, 5.41) is 0. The normalized spacial score (nSPS) is 9.67. The van der Waals surface area contributed by atoms with E-state index >= 15 is 0 Å². The summed E-state index contributed by atoms with van der Waals surface area (Å²) in [6.45, 7) is -0.386. The monoisotopic (exact) mass is 225 g/mol. The number of nitrogens with two attached hydrogens (primary N) is 1. The van der Waals surface area contributed by atoms with Gasteiger partial charge >= 0.3 is 5.97 Å². The molecule has 1 aromatic carbocycles. The Labute approximate surface area is 91.8 Å². The van der Waals surface area contributed by atoms with Crippen LogP contribution < -0.4 is 5.73 Å². The highest BCUT2D eigenvalue weighted by Gasteiger charge is 2.07. The highest BCUT2D eigenvalue weighted by Crippen LogP contribution is 2.15. The number of hydrogen-bond acceptors (Lipinski definition) is 4. The number of thioether (sulfide) groups is 1. The first-order valence-corrected chi connectivity index (χ1v) is 5.45. The predicted octanol–water partition coefficient (Wildman–Crippen LogP) is 1.05. The van der Waals surface area contributed by atoms with Gasteiger partial charge in [0, 0.05) is 4.90 Å². The summed E-state index contributed by atoms with van der Waals surface area (Å²) in [6.07, 6.45) is 1.94. The highest BCUT2D eigenvalue weighted by atomic mass is 32.2. The van der Waals surface area contributed by atoms with Gasteiger partial charge in [-0.25, -0.2) is 4.79 Å². The molecule has 5 heteroatoms. The summed E-state index contributed by atoms with van der Waals surface area (Å²) < 4.78 is 4.64. The first-order valence-electron chi connectivity index (χ1n) is 4.23. The molecule has 0 bridgehead atoms. The Hall–Kier alpha value is -1.49. The zero-order valence-corrected chi connectivity index (χ0v) is 9.04. The molecular weight excluding hydrogens is 214 g/mol. The molecule has 0 radical (unpaired) electrons. The number of ether oxygens (including phenoxy) is 1. The minimum absolute atomic E-state index is 0.386. The van der Waals surface area contributed by atoms with Crippen molar-refractivity contribution >= 4 is 23.6 Å². The largest absolute Gasteiger partial charge is 0.452 e. The van der Waals surface area contributed by atoms with E-state index in [9.17, 15) is 9.59 Å². The molecule has 0 heterocycles. The third kappa shape index (κ3) is 3.63. The van der Waals surface area contributed by atoms with Crippen LogP contribution >= 0.6 is 11.8 Å². The lowest BCUT2D eigenvalue weighted by molar-refractivity contribution is -0.121. The predicted molar refractivity (Wildman–Crippen MR) is 57.7 cm³/mol. The fraction of sp³-hybridized carbons (Fsp3) is 0.200. The van der Waals surface area contributed by atoms with Crippen LogP contribution in [-0.2, 0) is 9.53 Å². The molecule has 0 fully saturated rings. The van der Waals surface area contributed by atoms with Crippen molar-refractivity contribution in [1.82, 2.24) is 0 Å². The van der Waals surface area contributed by atoms with E-state index in [1.54, 1.807) is 23.9 Å². The second kappa shape index (κ2) is 5.41. The first-order chi connectivity index (χ1) is 7.13. The van der Waals surface area contributed by atoms with Crippen LogP contribution in [0.3, 0.4) is 0 Å². The lowest BCUT2D eigenvalue weighted by Gasteiger charge is -2.02. The molecule has 0 saturated carbocycles. The summed E-state index contributed by atoms with van der Waals surface area (Å²) in [5.41, 5.74) is 5.26. The van der Waals surface area contributed by atoms with Gasteiger partial charge < -0.3 is 10.5 Å². The van der Waals surface area contributed by atoms with Gasteiger partial charge in [0.1, 0.15) is 0 Å². The van der Waals surface area contributed by atoms with Crippen molar-refractivity contribution in [2.75, 3.05) is 12.9 Å². The number of carbonyl (C=O) groups excluding carboxylic acids is 2. The number of hydrogen-bond donors (Lipinski definition) is 1. The Morgan fingerprint density at radius 1 is 1.33 bits per heavy atom. The molecule has 1 rings (SSSR count). The Morgan fingerprint density at radius 2 is 1.93 bits per heavy atom. The minimum atomic E-state index is -0.663. The van der Waals surface area contributed by atoms with Crippen LogP contribution in [0.5, 0.6) is 0 Å². The van der Waals surface area contributed by atoms with Crippen molar-refractivity contribution < 1.29 is 14.3 Å². The van der Waals surface area contributed by atoms with E-state index in [0.29, 0.717) is 5.56 Å². The van der Waals surface area contributed by atoms with Crippen molar-refractivity contribution in [2.45, 2.75) is 4.90 Å². The minimum Gasteiger partial charge on any atom is -0.452 e. The topological polar surface area (TPSA) is 69.4 Å². The standard InChI is InChI=1S/C10H11NO3S/c1-15-8-4-2-7(3-5-8)10(13)14-6-9(11)12/h2-5H,6H2,1H3,(H2,11,12). The maximum absolute atomic E-state index is 11.3. The van der Waals surface area contributed by atoms with Gasteiger partial charge in [0.25, 0.3) is 5.91 Å². The zero-order valence-electron chi connectivity index (χ0n) is 8.23. The number of esters is 1. The van der Waals surface area contributed by atoms with Crippen LogP contribution in [0.1, 0.15) is 10.4 Å². The van der Waals surface area contributed by atoms with Gasteiger partial charge in [-0.3, -0.25) is 4.79 Å². The van der Waals surface area contributed by atoms with E-state index in [4.69, 9.17) is 5.73 Å². The van der Waals surface area contributed by atoms with E-state index in [1.165, 1.54) is 0 Å². The number of benzene rings is 1. The molecule has 15 heavy (non-hydrogen) atoms. The van der Waals surface area contributed by atoms with Crippen LogP contribution in [-0.4, -0.2) is 24.7 Å². The third-order valence-electron chi connectivity index (χ3n) is 1.67. The van der Waals surface area contributed by atoms with Gasteiger partial charge in [-0.05, 0) is 30.5 Å². The molecule has 1 amide bonds. The third-order valence-corrected chi connectivity index (χ3v) is 2.41. The maximum Gasteiger partial charge on any atom is 0.338 e. The first kappa shape index (κ1) is 11.6. The summed E-state index contributed by atoms with van der Waals surface area (Å²) in [4.78, 5) is 22.7. The molecule has 0 aromatic heterocycles. The molecule has 0 aliphatic carbocycles. The molecule has 0 spiro atoms. The van der Waals surface area contributed by atoms with E-state index in [2.05, 4.69) is 4.74 Å². The van der Waals surface area contributed by atoms with Crippen LogP contribution in [0.4, 0.5) is 0 Å². The second-order valence-electron chi connectivity index (χ2n) is 2.77. The summed E-state index contributed by atoms with van der Waals surface area (Å²) in [5.74, 6) is -1.20. The Bertz CT molecular complexity index is 361. The van der Waals surface area contributed by atoms with Crippen molar-refractivity contribution in [3.63, 3.8) is 0 Å². The van der Waals surface area contributed by atoms with Crippen LogP contribution in [0, 0.1) is 0 Å². The molecule has 0 aliphatic heterocycles. The van der Waals surface area contributed by atoms with Gasteiger partial charge in [0.2, 0.25) is 0 Å². The molecule has 80 valence electrons. The number of carbonyl (C=O) groups is 2. The molecule has 0 unspecified atom stereocenters. The average Bonchev–Trinajstić information content (AvgIpc) is 2.26. The van der Waals surface area contributed by atoms with Crippen molar-refractivity contribution in [2.24, 2.45) is 5.73 Å². The SMILES string of the molecule is CSc1ccc(C(=O)OCC(N)=O)cc1. The zero-order chi connectivity index (χ0) is 11.3. The maximum atomic E-state index is 11.3. The van der Waals surface area contributed by atoms with E-state index in [0.717, 1.165) is 4.90 Å². The number of amides is 1. The Morgan fingerprint density at radius 3 is 2.40 bits per heavy atom. The molecular formula is C10H11NO3S. The van der Waals surface area contributed by atoms with Crippen molar-refractivity contribution in [3.8, 4) is 0 Å². The van der Waals surface area contributed by atoms with E-state index < -0.39 is 11.9 Å². The Balaban J connectivity index is 2.62. The smallest absolute Gasteiger partial charge is 0.338 e. The van der Waals surface area contributed by atoms with Crippen molar-refractivity contribution in [3.05, 3.63) is 29.8 Å². The van der Waals surface area contributed by atoms with E-state index in [-0.39, 0.29) is 6.61 Å². The summed E-state index contributed by atoms with van der Waals surface area (Å²) >= 11 is 1.58. The van der Waals surface area contributed by atoms with Gasteiger partial charge in [-0.2, -0.15) is 0 Å². The highest BCUT2D eigenvalue weighted by molar-refractivity contribution is 7.98. The van der Waals surface area contributed by atoms with Gasteiger partial charge in [-0.15, -0.1) is 11.8 Å². The van der Waals surface area contributed by atoms with Crippen molar-refractivity contribution in [1.29, 1.82) is 0 Å². The quantitative estimate of drug-likeness (QED) is 0.614. The number of primary amides is 1. The Kier molecular flexibility index (Phi) is 4.17. The molecule has 2 N–H and O–H groups in total. The fourth-order valence-electron chi connectivity index (χ4n) is 0.947. The lowest BCUT2D eigenvalue weighted by Crippen LogP contribution is -2.20. The van der Waals surface area contributed by atoms with Gasteiger partial charge in [-0.1, -0.05) is 0 Å². The summed E-state index contributed by atoms with van der Waals surface area (Å²) in [7, 11) is 0. The van der Waals surface area contributed by atoms with Crippen LogP contribution in [0.15, 0.2) is 29.2 Å². The molecule has 0 atom stereocenters. The lowest BCUT2D eigenvalue weighted by atomic mass is 10.2.